The number of halogens is 1. The average molecular weight is 284 g/mol. The van der Waals surface area contributed by atoms with Crippen molar-refractivity contribution in [3.05, 3.63) is 65.9 Å². The molecule has 1 amide bonds. The maximum atomic E-state index is 13.7. The Balaban J connectivity index is 1.85. The average Bonchev–Trinajstić information content (AvgIpc) is 2.90. The summed E-state index contributed by atoms with van der Waals surface area (Å²) in [6.07, 6.45) is 1.83. The third kappa shape index (κ3) is 2.47. The van der Waals surface area contributed by atoms with Crippen LogP contribution in [0.5, 0.6) is 0 Å². The van der Waals surface area contributed by atoms with Crippen LogP contribution in [0, 0.1) is 5.82 Å². The van der Waals surface area contributed by atoms with Gasteiger partial charge in [0, 0.05) is 13.2 Å². The summed E-state index contributed by atoms with van der Waals surface area (Å²) in [5.74, 6) is -0.293. The number of aromatic nitrogens is 3. The molecule has 0 aliphatic carbocycles. The molecule has 0 atom stereocenters. The SMILES string of the molecule is CN(Cc1nnc2ccccn12)C(=O)c1ccccc1F. The number of rotatable bonds is 3. The van der Waals surface area contributed by atoms with Gasteiger partial charge in [0.2, 0.25) is 0 Å². The molecule has 21 heavy (non-hydrogen) atoms. The summed E-state index contributed by atoms with van der Waals surface area (Å²) in [7, 11) is 1.61. The quantitative estimate of drug-likeness (QED) is 0.740. The highest BCUT2D eigenvalue weighted by atomic mass is 19.1. The molecule has 0 radical (unpaired) electrons. The van der Waals surface area contributed by atoms with Gasteiger partial charge in [-0.15, -0.1) is 10.2 Å². The van der Waals surface area contributed by atoms with Crippen molar-refractivity contribution in [2.24, 2.45) is 0 Å². The van der Waals surface area contributed by atoms with Gasteiger partial charge in [0.05, 0.1) is 12.1 Å². The standard InChI is InChI=1S/C15H13FN4O/c1-19(15(21)11-6-2-3-7-12(11)16)10-14-18-17-13-8-4-5-9-20(13)14/h2-9H,10H2,1H3. The Morgan fingerprint density at radius 2 is 1.95 bits per heavy atom. The first kappa shape index (κ1) is 13.2. The summed E-state index contributed by atoms with van der Waals surface area (Å²) < 4.78 is 15.4. The predicted molar refractivity (Wildman–Crippen MR) is 75.2 cm³/mol. The lowest BCUT2D eigenvalue weighted by Crippen LogP contribution is -2.28. The lowest BCUT2D eigenvalue weighted by Gasteiger charge is -2.16. The summed E-state index contributed by atoms with van der Waals surface area (Å²) in [5.41, 5.74) is 0.757. The summed E-state index contributed by atoms with van der Waals surface area (Å²) >= 11 is 0. The fraction of sp³-hybridized carbons (Fsp3) is 0.133. The molecule has 3 rings (SSSR count). The molecule has 0 saturated heterocycles. The van der Waals surface area contributed by atoms with Crippen LogP contribution in [-0.2, 0) is 6.54 Å². The molecule has 0 fully saturated rings. The number of nitrogens with zero attached hydrogens (tertiary/aromatic N) is 4. The highest BCUT2D eigenvalue weighted by Crippen LogP contribution is 2.11. The first-order valence-electron chi connectivity index (χ1n) is 6.45. The highest BCUT2D eigenvalue weighted by Gasteiger charge is 2.17. The number of pyridine rings is 1. The first-order chi connectivity index (χ1) is 10.2. The Morgan fingerprint density at radius 3 is 2.76 bits per heavy atom. The van der Waals surface area contributed by atoms with E-state index in [0.29, 0.717) is 11.5 Å². The molecular weight excluding hydrogens is 271 g/mol. The lowest BCUT2D eigenvalue weighted by atomic mass is 10.2. The number of carbonyl (C=O) groups is 1. The summed E-state index contributed by atoms with van der Waals surface area (Å²) in [4.78, 5) is 13.7. The second-order valence-corrected chi connectivity index (χ2v) is 4.69. The van der Waals surface area contributed by atoms with Crippen LogP contribution in [0.15, 0.2) is 48.7 Å². The summed E-state index contributed by atoms with van der Waals surface area (Å²) in [6, 6.07) is 11.5. The van der Waals surface area contributed by atoms with E-state index in [1.807, 2.05) is 24.4 Å². The molecule has 0 aliphatic heterocycles. The normalized spacial score (nSPS) is 10.8. The number of hydrogen-bond donors (Lipinski definition) is 0. The van der Waals surface area contributed by atoms with Crippen molar-refractivity contribution >= 4 is 11.6 Å². The van der Waals surface area contributed by atoms with E-state index in [9.17, 15) is 9.18 Å². The van der Waals surface area contributed by atoms with Crippen LogP contribution in [-0.4, -0.2) is 32.5 Å². The van der Waals surface area contributed by atoms with E-state index >= 15 is 0 Å². The van der Waals surface area contributed by atoms with Gasteiger partial charge in [-0.2, -0.15) is 0 Å². The van der Waals surface area contributed by atoms with Gasteiger partial charge in [0.25, 0.3) is 5.91 Å². The first-order valence-corrected chi connectivity index (χ1v) is 6.45. The van der Waals surface area contributed by atoms with Crippen LogP contribution in [0.4, 0.5) is 4.39 Å². The van der Waals surface area contributed by atoms with E-state index in [0.717, 1.165) is 0 Å². The molecule has 0 unspecified atom stereocenters. The van der Waals surface area contributed by atoms with Gasteiger partial charge >= 0.3 is 0 Å². The van der Waals surface area contributed by atoms with Crippen molar-refractivity contribution in [3.63, 3.8) is 0 Å². The van der Waals surface area contributed by atoms with Crippen molar-refractivity contribution in [1.82, 2.24) is 19.5 Å². The molecule has 2 aromatic heterocycles. The second kappa shape index (κ2) is 5.32. The van der Waals surface area contributed by atoms with Crippen LogP contribution in [0.1, 0.15) is 16.2 Å². The van der Waals surface area contributed by atoms with Gasteiger partial charge in [0.15, 0.2) is 11.5 Å². The van der Waals surface area contributed by atoms with Crippen molar-refractivity contribution in [2.45, 2.75) is 6.54 Å². The van der Waals surface area contributed by atoms with E-state index in [4.69, 9.17) is 0 Å². The molecule has 106 valence electrons. The van der Waals surface area contributed by atoms with Gasteiger partial charge in [0.1, 0.15) is 5.82 Å². The highest BCUT2D eigenvalue weighted by molar-refractivity contribution is 5.94. The lowest BCUT2D eigenvalue weighted by molar-refractivity contribution is 0.0776. The Kier molecular flexibility index (Phi) is 3.35. The Morgan fingerprint density at radius 1 is 1.19 bits per heavy atom. The molecule has 0 aliphatic rings. The van der Waals surface area contributed by atoms with Gasteiger partial charge in [-0.05, 0) is 24.3 Å². The van der Waals surface area contributed by atoms with Crippen LogP contribution in [0.2, 0.25) is 0 Å². The maximum absolute atomic E-state index is 13.7. The van der Waals surface area contributed by atoms with Crippen molar-refractivity contribution in [1.29, 1.82) is 0 Å². The molecule has 6 heteroatoms. The third-order valence-corrected chi connectivity index (χ3v) is 3.21. The Hall–Kier alpha value is -2.76. The van der Waals surface area contributed by atoms with E-state index < -0.39 is 5.82 Å². The van der Waals surface area contributed by atoms with E-state index in [1.165, 1.54) is 17.0 Å². The number of amides is 1. The zero-order valence-corrected chi connectivity index (χ0v) is 11.4. The van der Waals surface area contributed by atoms with Crippen LogP contribution in [0.25, 0.3) is 5.65 Å². The van der Waals surface area contributed by atoms with Gasteiger partial charge in [-0.1, -0.05) is 18.2 Å². The monoisotopic (exact) mass is 284 g/mol. The Labute approximate surface area is 120 Å². The maximum Gasteiger partial charge on any atom is 0.256 e. The predicted octanol–water partition coefficient (Wildman–Crippen LogP) is 2.14. The Bertz CT molecular complexity index is 799. The van der Waals surface area contributed by atoms with E-state index in [1.54, 1.807) is 23.6 Å². The minimum absolute atomic E-state index is 0.0498. The molecule has 2 heterocycles. The zero-order chi connectivity index (χ0) is 14.8. The number of benzene rings is 1. The molecule has 0 spiro atoms. The third-order valence-electron chi connectivity index (χ3n) is 3.21. The topological polar surface area (TPSA) is 50.5 Å². The number of fused-ring (bicyclic) bond motifs is 1. The zero-order valence-electron chi connectivity index (χ0n) is 11.4. The molecule has 0 N–H and O–H groups in total. The summed E-state index contributed by atoms with van der Waals surface area (Å²) in [6.45, 7) is 0.248. The minimum atomic E-state index is -0.527. The largest absolute Gasteiger partial charge is 0.334 e. The molecular formula is C15H13FN4O. The number of carbonyl (C=O) groups excluding carboxylic acids is 1. The van der Waals surface area contributed by atoms with Crippen LogP contribution in [0.3, 0.4) is 0 Å². The van der Waals surface area contributed by atoms with Gasteiger partial charge in [-0.3, -0.25) is 9.20 Å². The summed E-state index contributed by atoms with van der Waals surface area (Å²) in [5, 5.41) is 8.08. The van der Waals surface area contributed by atoms with E-state index in [2.05, 4.69) is 10.2 Å². The second-order valence-electron chi connectivity index (χ2n) is 4.69. The van der Waals surface area contributed by atoms with Crippen molar-refractivity contribution < 1.29 is 9.18 Å². The van der Waals surface area contributed by atoms with Crippen LogP contribution < -0.4 is 0 Å². The smallest absolute Gasteiger partial charge is 0.256 e. The molecule has 5 nitrogen and oxygen atoms in total. The minimum Gasteiger partial charge on any atom is -0.334 e. The fourth-order valence-corrected chi connectivity index (χ4v) is 2.12. The van der Waals surface area contributed by atoms with E-state index in [-0.39, 0.29) is 18.0 Å². The van der Waals surface area contributed by atoms with Crippen molar-refractivity contribution in [3.8, 4) is 0 Å². The molecule has 0 bridgehead atoms. The van der Waals surface area contributed by atoms with Gasteiger partial charge in [-0.25, -0.2) is 4.39 Å². The fourth-order valence-electron chi connectivity index (χ4n) is 2.12. The molecule has 1 aromatic carbocycles. The van der Waals surface area contributed by atoms with Crippen molar-refractivity contribution in [2.75, 3.05) is 7.05 Å². The molecule has 3 aromatic rings. The van der Waals surface area contributed by atoms with Gasteiger partial charge < -0.3 is 4.90 Å². The number of hydrogen-bond acceptors (Lipinski definition) is 3. The molecule has 0 saturated carbocycles. The van der Waals surface area contributed by atoms with Crippen LogP contribution >= 0.6 is 0 Å².